The van der Waals surface area contributed by atoms with Crippen molar-refractivity contribution < 1.29 is 18.6 Å². The minimum atomic E-state index is -0.550. The van der Waals surface area contributed by atoms with Crippen molar-refractivity contribution in [3.8, 4) is 5.75 Å². The Balaban J connectivity index is 1.53. The maximum absolute atomic E-state index is 13.1. The Morgan fingerprint density at radius 1 is 0.968 bits per heavy atom. The maximum atomic E-state index is 13.1. The summed E-state index contributed by atoms with van der Waals surface area (Å²) in [7, 11) is 1.70. The molecule has 1 aliphatic rings. The summed E-state index contributed by atoms with van der Waals surface area (Å²) < 4.78 is 31.7. The van der Waals surface area contributed by atoms with Gasteiger partial charge in [0.1, 0.15) is 29.4 Å². The van der Waals surface area contributed by atoms with E-state index >= 15 is 0 Å². The van der Waals surface area contributed by atoms with Crippen LogP contribution in [0.4, 0.5) is 10.1 Å². The zero-order valence-electron chi connectivity index (χ0n) is 18.1. The van der Waals surface area contributed by atoms with Crippen LogP contribution < -0.4 is 10.1 Å². The van der Waals surface area contributed by atoms with Gasteiger partial charge in [-0.15, -0.1) is 0 Å². The number of hydrogen-bond donors (Lipinski definition) is 1. The predicted octanol–water partition coefficient (Wildman–Crippen LogP) is 5.88. The van der Waals surface area contributed by atoms with Gasteiger partial charge in [0.25, 0.3) is 0 Å². The van der Waals surface area contributed by atoms with Crippen molar-refractivity contribution in [2.75, 3.05) is 12.4 Å². The minimum Gasteiger partial charge on any atom is -0.485 e. The van der Waals surface area contributed by atoms with Gasteiger partial charge in [-0.1, -0.05) is 42.5 Å². The number of benzene rings is 3. The van der Waals surface area contributed by atoms with Gasteiger partial charge >= 0.3 is 0 Å². The fourth-order valence-electron chi connectivity index (χ4n) is 3.95. The van der Waals surface area contributed by atoms with Crippen molar-refractivity contribution in [2.24, 2.45) is 0 Å². The molecular weight excluding hydrogens is 393 g/mol. The summed E-state index contributed by atoms with van der Waals surface area (Å²) in [5.41, 5.74) is 3.45. The van der Waals surface area contributed by atoms with Crippen LogP contribution in [0.5, 0.6) is 5.75 Å². The van der Waals surface area contributed by atoms with E-state index in [0.29, 0.717) is 13.2 Å². The molecule has 5 heteroatoms. The van der Waals surface area contributed by atoms with E-state index in [1.165, 1.54) is 12.1 Å². The van der Waals surface area contributed by atoms with Crippen LogP contribution in [0.1, 0.15) is 36.6 Å². The van der Waals surface area contributed by atoms with Gasteiger partial charge < -0.3 is 19.5 Å². The first-order valence-electron chi connectivity index (χ1n) is 10.5. The van der Waals surface area contributed by atoms with Crippen molar-refractivity contribution in [2.45, 2.75) is 44.8 Å². The van der Waals surface area contributed by atoms with Crippen LogP contribution in [0, 0.1) is 5.82 Å². The Kier molecular flexibility index (Phi) is 6.25. The highest BCUT2D eigenvalue weighted by Crippen LogP contribution is 2.44. The van der Waals surface area contributed by atoms with Gasteiger partial charge in [-0.05, 0) is 55.3 Å². The molecule has 4 nitrogen and oxygen atoms in total. The maximum Gasteiger partial charge on any atom is 0.132 e. The molecule has 1 heterocycles. The quantitative estimate of drug-likeness (QED) is 0.517. The largest absolute Gasteiger partial charge is 0.485 e. The van der Waals surface area contributed by atoms with E-state index < -0.39 is 5.60 Å². The number of fused-ring (bicyclic) bond motifs is 1. The van der Waals surface area contributed by atoms with Crippen molar-refractivity contribution in [1.82, 2.24) is 0 Å². The average molecular weight is 422 g/mol. The van der Waals surface area contributed by atoms with Crippen LogP contribution in [0.2, 0.25) is 0 Å². The lowest BCUT2D eigenvalue weighted by Gasteiger charge is -2.44. The molecule has 31 heavy (non-hydrogen) atoms. The Morgan fingerprint density at radius 2 is 1.71 bits per heavy atom. The van der Waals surface area contributed by atoms with Gasteiger partial charge in [-0.3, -0.25) is 0 Å². The van der Waals surface area contributed by atoms with Gasteiger partial charge in [-0.25, -0.2) is 4.39 Å². The number of anilines is 1. The smallest absolute Gasteiger partial charge is 0.132 e. The van der Waals surface area contributed by atoms with Crippen LogP contribution in [0.15, 0.2) is 72.8 Å². The highest BCUT2D eigenvalue weighted by Gasteiger charge is 2.45. The Labute approximate surface area is 183 Å². The highest BCUT2D eigenvalue weighted by molar-refractivity contribution is 5.53. The van der Waals surface area contributed by atoms with E-state index in [9.17, 15) is 4.39 Å². The summed E-state index contributed by atoms with van der Waals surface area (Å²) in [6, 6.07) is 22.6. The molecule has 1 aliphatic heterocycles. The Hall–Kier alpha value is -2.89. The van der Waals surface area contributed by atoms with Crippen LogP contribution in [-0.4, -0.2) is 18.8 Å². The van der Waals surface area contributed by atoms with Crippen molar-refractivity contribution in [1.29, 1.82) is 0 Å². The van der Waals surface area contributed by atoms with Gasteiger partial charge in [-0.2, -0.15) is 0 Å². The molecule has 162 valence electrons. The lowest BCUT2D eigenvalue weighted by molar-refractivity contribution is -0.159. The van der Waals surface area contributed by atoms with Crippen LogP contribution >= 0.6 is 0 Å². The Bertz CT molecular complexity index is 1000. The second kappa shape index (κ2) is 9.08. The zero-order chi connectivity index (χ0) is 21.8. The molecule has 0 aliphatic carbocycles. The Morgan fingerprint density at radius 3 is 2.42 bits per heavy atom. The molecule has 0 saturated carbocycles. The summed E-state index contributed by atoms with van der Waals surface area (Å²) >= 11 is 0. The van der Waals surface area contributed by atoms with E-state index in [0.717, 1.165) is 28.1 Å². The SMILES string of the molecule is COC1c2cc(NCc3ccc(F)cc3)ccc2OC(C)(C)C1OCc1ccccc1. The van der Waals surface area contributed by atoms with E-state index in [2.05, 4.69) is 5.32 Å². The van der Waals surface area contributed by atoms with E-state index in [-0.39, 0.29) is 18.0 Å². The summed E-state index contributed by atoms with van der Waals surface area (Å²) in [4.78, 5) is 0. The molecule has 0 spiro atoms. The molecule has 2 unspecified atom stereocenters. The molecular formula is C26H28FNO3. The van der Waals surface area contributed by atoms with Crippen molar-refractivity contribution in [3.05, 3.63) is 95.3 Å². The number of ether oxygens (including phenoxy) is 3. The number of nitrogens with one attached hydrogen (secondary N) is 1. The third kappa shape index (κ3) is 4.89. The average Bonchev–Trinajstić information content (AvgIpc) is 2.77. The standard InChI is InChI=1S/C26H28FNO3/c1-26(2)25(30-17-19-7-5-4-6-8-19)24(29-3)22-15-21(13-14-23(22)31-26)28-16-18-9-11-20(27)12-10-18/h4-15,24-25,28H,16-17H2,1-3H3. The monoisotopic (exact) mass is 421 g/mol. The number of methoxy groups -OCH3 is 1. The molecule has 0 amide bonds. The highest BCUT2D eigenvalue weighted by atomic mass is 19.1. The van der Waals surface area contributed by atoms with Gasteiger partial charge in [0.2, 0.25) is 0 Å². The number of rotatable bonds is 7. The molecule has 3 aromatic carbocycles. The third-order valence-corrected chi connectivity index (χ3v) is 5.59. The molecule has 0 fully saturated rings. The van der Waals surface area contributed by atoms with Gasteiger partial charge in [0.15, 0.2) is 0 Å². The van der Waals surface area contributed by atoms with E-state index in [1.807, 2.05) is 62.4 Å². The van der Waals surface area contributed by atoms with Gasteiger partial charge in [0, 0.05) is 24.9 Å². The van der Waals surface area contributed by atoms with Crippen LogP contribution in [0.3, 0.4) is 0 Å². The molecule has 0 saturated heterocycles. The van der Waals surface area contributed by atoms with Crippen molar-refractivity contribution in [3.63, 3.8) is 0 Å². The first-order valence-corrected chi connectivity index (χ1v) is 10.5. The molecule has 2 atom stereocenters. The summed E-state index contributed by atoms with van der Waals surface area (Å²) in [5, 5.41) is 3.39. The van der Waals surface area contributed by atoms with Crippen molar-refractivity contribution >= 4 is 5.69 Å². The molecule has 4 rings (SSSR count). The topological polar surface area (TPSA) is 39.7 Å². The normalized spacial score (nSPS) is 19.4. The lowest BCUT2D eigenvalue weighted by atomic mass is 9.88. The van der Waals surface area contributed by atoms with Crippen LogP contribution in [0.25, 0.3) is 0 Å². The lowest BCUT2D eigenvalue weighted by Crippen LogP contribution is -2.50. The number of hydrogen-bond acceptors (Lipinski definition) is 4. The number of halogens is 1. The molecule has 1 N–H and O–H groups in total. The first-order chi connectivity index (χ1) is 15.0. The predicted molar refractivity (Wildman–Crippen MR) is 120 cm³/mol. The fourth-order valence-corrected chi connectivity index (χ4v) is 3.95. The molecule has 0 radical (unpaired) electrons. The third-order valence-electron chi connectivity index (χ3n) is 5.59. The summed E-state index contributed by atoms with van der Waals surface area (Å²) in [6.07, 6.45) is -0.549. The van der Waals surface area contributed by atoms with E-state index in [4.69, 9.17) is 14.2 Å². The second-order valence-corrected chi connectivity index (χ2v) is 8.31. The molecule has 0 aromatic heterocycles. The minimum absolute atomic E-state index is 0.234. The van der Waals surface area contributed by atoms with Crippen LogP contribution in [-0.2, 0) is 22.6 Å². The molecule has 3 aromatic rings. The first kappa shape index (κ1) is 21.3. The second-order valence-electron chi connectivity index (χ2n) is 8.31. The molecule has 0 bridgehead atoms. The zero-order valence-corrected chi connectivity index (χ0v) is 18.1. The summed E-state index contributed by atoms with van der Waals surface area (Å²) in [5.74, 6) is 0.561. The fraction of sp³-hybridized carbons (Fsp3) is 0.308. The van der Waals surface area contributed by atoms with Gasteiger partial charge in [0.05, 0.1) is 6.61 Å². The van der Waals surface area contributed by atoms with E-state index in [1.54, 1.807) is 19.2 Å². The summed E-state index contributed by atoms with van der Waals surface area (Å²) in [6.45, 7) is 5.13.